The van der Waals surface area contributed by atoms with Crippen LogP contribution in [0.3, 0.4) is 0 Å². The van der Waals surface area contributed by atoms with Gasteiger partial charge in [-0.2, -0.15) is 0 Å². The third kappa shape index (κ3) is 4.54. The van der Waals surface area contributed by atoms with Crippen molar-refractivity contribution in [1.29, 1.82) is 0 Å². The average Bonchev–Trinajstić information content (AvgIpc) is 2.82. The standard InChI is InChI=1S/C25H22ClN3O4/c1-15-8-10-17(13-19(15)26)27-23(30)14-29-24(16-9-11-21(32-2)22(12-16)33-3)28-20-7-5-4-6-18(20)25(29)31/h4-13H,14H2,1-3H3,(H,27,30). The van der Waals surface area contributed by atoms with Gasteiger partial charge in [0.15, 0.2) is 11.5 Å². The number of benzene rings is 3. The number of aromatic nitrogens is 2. The maximum atomic E-state index is 13.4. The maximum absolute atomic E-state index is 13.4. The second-order valence-electron chi connectivity index (χ2n) is 7.43. The Morgan fingerprint density at radius 1 is 1.03 bits per heavy atom. The van der Waals surface area contributed by atoms with Crippen molar-refractivity contribution in [3.8, 4) is 22.9 Å². The van der Waals surface area contributed by atoms with Gasteiger partial charge in [-0.05, 0) is 55.0 Å². The normalized spacial score (nSPS) is 10.8. The van der Waals surface area contributed by atoms with E-state index in [-0.39, 0.29) is 18.0 Å². The summed E-state index contributed by atoms with van der Waals surface area (Å²) in [4.78, 5) is 30.9. The summed E-state index contributed by atoms with van der Waals surface area (Å²) in [5.41, 5.74) is 2.28. The van der Waals surface area contributed by atoms with E-state index in [9.17, 15) is 9.59 Å². The number of anilines is 1. The lowest BCUT2D eigenvalue weighted by atomic mass is 10.1. The van der Waals surface area contributed by atoms with Crippen molar-refractivity contribution in [1.82, 2.24) is 9.55 Å². The number of aryl methyl sites for hydroxylation is 1. The molecule has 4 aromatic rings. The fraction of sp³-hybridized carbons (Fsp3) is 0.160. The van der Waals surface area contributed by atoms with Gasteiger partial charge in [0.05, 0.1) is 25.1 Å². The molecule has 3 aromatic carbocycles. The fourth-order valence-electron chi connectivity index (χ4n) is 3.53. The van der Waals surface area contributed by atoms with E-state index in [1.54, 1.807) is 55.6 Å². The second kappa shape index (κ2) is 9.34. The number of para-hydroxylation sites is 1. The summed E-state index contributed by atoms with van der Waals surface area (Å²) in [6, 6.07) is 17.5. The molecule has 33 heavy (non-hydrogen) atoms. The van der Waals surface area contributed by atoms with E-state index in [0.717, 1.165) is 5.56 Å². The van der Waals surface area contributed by atoms with Crippen molar-refractivity contribution in [2.45, 2.75) is 13.5 Å². The second-order valence-corrected chi connectivity index (χ2v) is 7.83. The van der Waals surface area contributed by atoms with Gasteiger partial charge in [0, 0.05) is 16.3 Å². The number of hydrogen-bond donors (Lipinski definition) is 1. The molecular formula is C25H22ClN3O4. The van der Waals surface area contributed by atoms with E-state index < -0.39 is 0 Å². The van der Waals surface area contributed by atoms with Crippen LogP contribution in [0.2, 0.25) is 5.02 Å². The highest BCUT2D eigenvalue weighted by Gasteiger charge is 2.17. The average molecular weight is 464 g/mol. The molecule has 0 saturated carbocycles. The largest absolute Gasteiger partial charge is 0.493 e. The van der Waals surface area contributed by atoms with Gasteiger partial charge < -0.3 is 14.8 Å². The first-order valence-corrected chi connectivity index (χ1v) is 10.6. The van der Waals surface area contributed by atoms with Crippen LogP contribution in [0.1, 0.15) is 5.56 Å². The quantitative estimate of drug-likeness (QED) is 0.449. The number of nitrogens with one attached hydrogen (secondary N) is 1. The Kier molecular flexibility index (Phi) is 6.33. The molecule has 1 heterocycles. The van der Waals surface area contributed by atoms with Crippen molar-refractivity contribution in [3.63, 3.8) is 0 Å². The molecule has 0 bridgehead atoms. The zero-order chi connectivity index (χ0) is 23.5. The molecule has 1 amide bonds. The molecule has 7 nitrogen and oxygen atoms in total. The van der Waals surface area contributed by atoms with Gasteiger partial charge in [0.1, 0.15) is 12.4 Å². The Hall–Kier alpha value is -3.84. The molecule has 8 heteroatoms. The summed E-state index contributed by atoms with van der Waals surface area (Å²) in [5.74, 6) is 1.00. The molecule has 0 atom stereocenters. The van der Waals surface area contributed by atoms with Gasteiger partial charge >= 0.3 is 0 Å². The Bertz CT molecular complexity index is 1410. The predicted octanol–water partition coefficient (Wildman–Crippen LogP) is 4.68. The number of halogens is 1. The molecule has 0 saturated heterocycles. The van der Waals surface area contributed by atoms with Gasteiger partial charge in [-0.1, -0.05) is 29.8 Å². The fourth-order valence-corrected chi connectivity index (χ4v) is 3.71. The van der Waals surface area contributed by atoms with Crippen LogP contribution in [0.25, 0.3) is 22.3 Å². The molecule has 0 spiro atoms. The molecule has 0 fully saturated rings. The van der Waals surface area contributed by atoms with Gasteiger partial charge in [0.25, 0.3) is 5.56 Å². The first-order valence-electron chi connectivity index (χ1n) is 10.2. The van der Waals surface area contributed by atoms with E-state index in [1.807, 2.05) is 19.1 Å². The Labute approximate surface area is 195 Å². The summed E-state index contributed by atoms with van der Waals surface area (Å²) >= 11 is 6.17. The lowest BCUT2D eigenvalue weighted by Gasteiger charge is -2.15. The van der Waals surface area contributed by atoms with Crippen LogP contribution >= 0.6 is 11.6 Å². The molecular weight excluding hydrogens is 442 g/mol. The summed E-state index contributed by atoms with van der Waals surface area (Å²) in [5, 5.41) is 3.77. The number of methoxy groups -OCH3 is 2. The number of fused-ring (bicyclic) bond motifs is 1. The maximum Gasteiger partial charge on any atom is 0.262 e. The highest BCUT2D eigenvalue weighted by atomic mass is 35.5. The highest BCUT2D eigenvalue weighted by molar-refractivity contribution is 6.31. The predicted molar refractivity (Wildman–Crippen MR) is 129 cm³/mol. The monoisotopic (exact) mass is 463 g/mol. The number of amides is 1. The number of hydrogen-bond acceptors (Lipinski definition) is 5. The van der Waals surface area contributed by atoms with Gasteiger partial charge in [-0.3, -0.25) is 14.2 Å². The third-order valence-corrected chi connectivity index (χ3v) is 5.67. The van der Waals surface area contributed by atoms with Crippen molar-refractivity contribution < 1.29 is 14.3 Å². The van der Waals surface area contributed by atoms with Crippen LogP contribution in [0.5, 0.6) is 11.5 Å². The zero-order valence-corrected chi connectivity index (χ0v) is 19.1. The van der Waals surface area contributed by atoms with E-state index in [1.165, 1.54) is 11.7 Å². The summed E-state index contributed by atoms with van der Waals surface area (Å²) < 4.78 is 12.1. The minimum atomic E-state index is -0.379. The van der Waals surface area contributed by atoms with Crippen LogP contribution in [0.15, 0.2) is 65.5 Å². The van der Waals surface area contributed by atoms with E-state index in [4.69, 9.17) is 21.1 Å². The smallest absolute Gasteiger partial charge is 0.262 e. The van der Waals surface area contributed by atoms with Gasteiger partial charge in [-0.25, -0.2) is 4.98 Å². The topological polar surface area (TPSA) is 82.5 Å². The first kappa shape index (κ1) is 22.4. The molecule has 0 aliphatic heterocycles. The van der Waals surface area contributed by atoms with Crippen LogP contribution < -0.4 is 20.3 Å². The molecule has 1 N–H and O–H groups in total. The number of ether oxygens (including phenoxy) is 2. The van der Waals surface area contributed by atoms with Crippen molar-refractivity contribution in [2.75, 3.05) is 19.5 Å². The van der Waals surface area contributed by atoms with E-state index in [2.05, 4.69) is 10.3 Å². The molecule has 4 rings (SSSR count). The minimum Gasteiger partial charge on any atom is -0.493 e. The molecule has 168 valence electrons. The number of carbonyl (C=O) groups excluding carboxylic acids is 1. The van der Waals surface area contributed by atoms with E-state index in [0.29, 0.717) is 44.5 Å². The molecule has 0 radical (unpaired) electrons. The van der Waals surface area contributed by atoms with Crippen LogP contribution in [-0.2, 0) is 11.3 Å². The Balaban J connectivity index is 1.79. The first-order chi connectivity index (χ1) is 15.9. The van der Waals surface area contributed by atoms with E-state index >= 15 is 0 Å². The molecule has 0 unspecified atom stereocenters. The molecule has 0 aliphatic carbocycles. The zero-order valence-electron chi connectivity index (χ0n) is 18.4. The third-order valence-electron chi connectivity index (χ3n) is 5.26. The lowest BCUT2D eigenvalue weighted by molar-refractivity contribution is -0.116. The van der Waals surface area contributed by atoms with Crippen molar-refractivity contribution in [2.24, 2.45) is 0 Å². The minimum absolute atomic E-state index is 0.230. The lowest BCUT2D eigenvalue weighted by Crippen LogP contribution is -2.30. The summed E-state index contributed by atoms with van der Waals surface area (Å²) in [6.07, 6.45) is 0. The number of nitrogens with zero attached hydrogens (tertiary/aromatic N) is 2. The van der Waals surface area contributed by atoms with Crippen LogP contribution in [0, 0.1) is 6.92 Å². The van der Waals surface area contributed by atoms with Gasteiger partial charge in [-0.15, -0.1) is 0 Å². The van der Waals surface area contributed by atoms with Crippen molar-refractivity contribution in [3.05, 3.63) is 81.6 Å². The molecule has 0 aliphatic rings. The Morgan fingerprint density at radius 2 is 1.79 bits per heavy atom. The SMILES string of the molecule is COc1ccc(-c2nc3ccccc3c(=O)n2CC(=O)Nc2ccc(C)c(Cl)c2)cc1OC. The van der Waals surface area contributed by atoms with Crippen LogP contribution in [0.4, 0.5) is 5.69 Å². The number of carbonyl (C=O) groups is 1. The van der Waals surface area contributed by atoms with Gasteiger partial charge in [0.2, 0.25) is 5.91 Å². The number of rotatable bonds is 6. The Morgan fingerprint density at radius 3 is 2.52 bits per heavy atom. The van der Waals surface area contributed by atoms with Crippen LogP contribution in [-0.4, -0.2) is 29.7 Å². The molecule has 1 aromatic heterocycles. The summed E-state index contributed by atoms with van der Waals surface area (Å²) in [6.45, 7) is 1.65. The van der Waals surface area contributed by atoms with Crippen molar-refractivity contribution >= 4 is 34.1 Å². The summed E-state index contributed by atoms with van der Waals surface area (Å²) in [7, 11) is 3.08. The highest BCUT2D eigenvalue weighted by Crippen LogP contribution is 2.32.